The zero-order valence-electron chi connectivity index (χ0n) is 14.1. The van der Waals surface area contributed by atoms with Crippen molar-refractivity contribution < 1.29 is 0 Å². The summed E-state index contributed by atoms with van der Waals surface area (Å²) in [5.41, 5.74) is 4.21. The number of H-pyrrole nitrogens is 1. The zero-order chi connectivity index (χ0) is 17.5. The van der Waals surface area contributed by atoms with Crippen LogP contribution in [0.25, 0.3) is 10.8 Å². The summed E-state index contributed by atoms with van der Waals surface area (Å²) in [6.07, 6.45) is 2.68. The van der Waals surface area contributed by atoms with Gasteiger partial charge in [-0.1, -0.05) is 48.5 Å². The summed E-state index contributed by atoms with van der Waals surface area (Å²) in [5, 5.41) is 8.92. The molecule has 2 unspecified atom stereocenters. The molecule has 1 aliphatic carbocycles. The topological polar surface area (TPSA) is 58.6 Å². The summed E-state index contributed by atoms with van der Waals surface area (Å²) in [5.74, 6) is 0.232. The number of rotatable bonds is 2. The van der Waals surface area contributed by atoms with Crippen molar-refractivity contribution in [3.63, 3.8) is 0 Å². The Morgan fingerprint density at radius 3 is 2.58 bits per heavy atom. The number of hydrogen-bond donors (Lipinski definition) is 1. The molecule has 4 nitrogen and oxygen atoms in total. The van der Waals surface area contributed by atoms with Gasteiger partial charge >= 0.3 is 0 Å². The summed E-state index contributed by atoms with van der Waals surface area (Å²) in [7, 11) is 0. The van der Waals surface area contributed by atoms with Crippen LogP contribution in [0.2, 0.25) is 0 Å². The van der Waals surface area contributed by atoms with Crippen molar-refractivity contribution >= 4 is 10.8 Å². The zero-order valence-corrected chi connectivity index (χ0v) is 14.1. The third kappa shape index (κ3) is 2.26. The van der Waals surface area contributed by atoms with Crippen LogP contribution in [-0.2, 0) is 6.42 Å². The van der Waals surface area contributed by atoms with Gasteiger partial charge in [0.1, 0.15) is 0 Å². The summed E-state index contributed by atoms with van der Waals surface area (Å²) in [6, 6.07) is 22.4. The van der Waals surface area contributed by atoms with Crippen molar-refractivity contribution in [3.05, 3.63) is 106 Å². The Morgan fingerprint density at radius 1 is 0.923 bits per heavy atom. The van der Waals surface area contributed by atoms with Crippen LogP contribution in [0.1, 0.15) is 34.4 Å². The minimum Gasteiger partial charge on any atom is -0.267 e. The fourth-order valence-corrected chi connectivity index (χ4v) is 4.18. The van der Waals surface area contributed by atoms with E-state index in [1.165, 1.54) is 11.1 Å². The Hall–Kier alpha value is -3.27. The lowest BCUT2D eigenvalue weighted by Crippen LogP contribution is -2.25. The predicted molar refractivity (Wildman–Crippen MR) is 101 cm³/mol. The summed E-state index contributed by atoms with van der Waals surface area (Å²) in [4.78, 5) is 16.9. The largest absolute Gasteiger partial charge is 0.272 e. The predicted octanol–water partition coefficient (Wildman–Crippen LogP) is 3.79. The highest BCUT2D eigenvalue weighted by molar-refractivity contribution is 5.88. The molecule has 2 aromatic heterocycles. The number of pyridine rings is 1. The van der Waals surface area contributed by atoms with Crippen molar-refractivity contribution in [2.24, 2.45) is 0 Å². The van der Waals surface area contributed by atoms with E-state index in [2.05, 4.69) is 39.4 Å². The second kappa shape index (κ2) is 5.92. The van der Waals surface area contributed by atoms with Crippen LogP contribution in [0.4, 0.5) is 0 Å². The van der Waals surface area contributed by atoms with Gasteiger partial charge in [-0.05, 0) is 35.7 Å². The molecule has 2 heterocycles. The molecular weight excluding hydrogens is 322 g/mol. The van der Waals surface area contributed by atoms with Gasteiger partial charge in [-0.2, -0.15) is 5.10 Å². The van der Waals surface area contributed by atoms with Gasteiger partial charge in [0.15, 0.2) is 0 Å². The number of hydrogen-bond acceptors (Lipinski definition) is 3. The summed E-state index contributed by atoms with van der Waals surface area (Å²) < 4.78 is 0. The van der Waals surface area contributed by atoms with Crippen molar-refractivity contribution in [1.82, 2.24) is 15.2 Å². The lowest BCUT2D eigenvalue weighted by atomic mass is 9.72. The highest BCUT2D eigenvalue weighted by atomic mass is 16.1. The van der Waals surface area contributed by atoms with Gasteiger partial charge < -0.3 is 0 Å². The van der Waals surface area contributed by atoms with Gasteiger partial charge in [0, 0.05) is 29.1 Å². The lowest BCUT2D eigenvalue weighted by molar-refractivity contribution is 0.559. The van der Waals surface area contributed by atoms with Crippen LogP contribution >= 0.6 is 0 Å². The van der Waals surface area contributed by atoms with E-state index in [0.29, 0.717) is 5.39 Å². The molecule has 4 aromatic rings. The fraction of sp³-hybridized carbons (Fsp3) is 0.136. The van der Waals surface area contributed by atoms with Crippen molar-refractivity contribution in [3.8, 4) is 0 Å². The molecular formula is C22H17N3O. The van der Waals surface area contributed by atoms with E-state index in [9.17, 15) is 4.79 Å². The molecule has 0 spiro atoms. The standard InChI is InChI=1S/C22H17N3O/c26-22-16-10-6-9-15-13-17(18-11-4-5-12-23-18)19(14-7-2-1-3-8-14)21(20(15)16)24-25-22/h1-12,17,19H,13H2,(H,25,26). The minimum atomic E-state index is -0.131. The Balaban J connectivity index is 1.82. The SMILES string of the molecule is O=c1[nH]nc2c3c(cccc13)CC(c1ccccn1)C2c1ccccc1. The molecule has 0 bridgehead atoms. The number of nitrogens with zero attached hydrogens (tertiary/aromatic N) is 2. The smallest absolute Gasteiger partial charge is 0.267 e. The summed E-state index contributed by atoms with van der Waals surface area (Å²) in [6.45, 7) is 0. The molecule has 26 heavy (non-hydrogen) atoms. The van der Waals surface area contributed by atoms with Crippen LogP contribution in [-0.4, -0.2) is 15.2 Å². The Labute approximate surface area is 150 Å². The van der Waals surface area contributed by atoms with E-state index in [0.717, 1.165) is 23.2 Å². The van der Waals surface area contributed by atoms with Gasteiger partial charge in [-0.3, -0.25) is 9.78 Å². The van der Waals surface area contributed by atoms with Gasteiger partial charge in [-0.25, -0.2) is 5.10 Å². The Kier molecular flexibility index (Phi) is 3.42. The highest BCUT2D eigenvalue weighted by Gasteiger charge is 2.35. The number of aromatic amines is 1. The molecule has 0 amide bonds. The third-order valence-electron chi connectivity index (χ3n) is 5.29. The average Bonchev–Trinajstić information content (AvgIpc) is 2.71. The Morgan fingerprint density at radius 2 is 1.77 bits per heavy atom. The molecule has 0 radical (unpaired) electrons. The molecule has 0 saturated carbocycles. The third-order valence-corrected chi connectivity index (χ3v) is 5.29. The maximum Gasteiger partial charge on any atom is 0.272 e. The van der Waals surface area contributed by atoms with Gasteiger partial charge in [0.25, 0.3) is 5.56 Å². The van der Waals surface area contributed by atoms with Crippen LogP contribution in [0.15, 0.2) is 77.7 Å². The van der Waals surface area contributed by atoms with E-state index >= 15 is 0 Å². The molecule has 1 aliphatic rings. The van der Waals surface area contributed by atoms with Crippen molar-refractivity contribution in [2.45, 2.75) is 18.3 Å². The molecule has 0 saturated heterocycles. The number of benzene rings is 2. The van der Waals surface area contributed by atoms with E-state index < -0.39 is 0 Å². The monoisotopic (exact) mass is 339 g/mol. The molecule has 5 rings (SSSR count). The number of aromatic nitrogens is 3. The van der Waals surface area contributed by atoms with Gasteiger partial charge in [0.05, 0.1) is 11.1 Å². The second-order valence-electron chi connectivity index (χ2n) is 6.73. The fourth-order valence-electron chi connectivity index (χ4n) is 4.18. The van der Waals surface area contributed by atoms with Gasteiger partial charge in [0.2, 0.25) is 0 Å². The Bertz CT molecular complexity index is 1140. The molecule has 1 N–H and O–H groups in total. The van der Waals surface area contributed by atoms with Crippen LogP contribution < -0.4 is 5.56 Å². The van der Waals surface area contributed by atoms with Crippen molar-refractivity contribution in [2.75, 3.05) is 0 Å². The maximum absolute atomic E-state index is 12.3. The normalized spacial score (nSPS) is 18.8. The lowest BCUT2D eigenvalue weighted by Gasteiger charge is -2.32. The first kappa shape index (κ1) is 15.0. The van der Waals surface area contributed by atoms with Crippen LogP contribution in [0.5, 0.6) is 0 Å². The maximum atomic E-state index is 12.3. The van der Waals surface area contributed by atoms with E-state index in [1.54, 1.807) is 0 Å². The van der Waals surface area contributed by atoms with E-state index in [-0.39, 0.29) is 17.4 Å². The first-order chi connectivity index (χ1) is 12.8. The van der Waals surface area contributed by atoms with Crippen LogP contribution in [0.3, 0.4) is 0 Å². The second-order valence-corrected chi connectivity index (χ2v) is 6.73. The van der Waals surface area contributed by atoms with Crippen LogP contribution in [0, 0.1) is 0 Å². The molecule has 0 aliphatic heterocycles. The molecule has 126 valence electrons. The average molecular weight is 339 g/mol. The van der Waals surface area contributed by atoms with Crippen molar-refractivity contribution in [1.29, 1.82) is 0 Å². The van der Waals surface area contributed by atoms with E-state index in [4.69, 9.17) is 0 Å². The highest BCUT2D eigenvalue weighted by Crippen LogP contribution is 2.45. The molecule has 2 aromatic carbocycles. The quantitative estimate of drug-likeness (QED) is 0.604. The van der Waals surface area contributed by atoms with E-state index in [1.807, 2.05) is 48.7 Å². The first-order valence-electron chi connectivity index (χ1n) is 8.79. The summed E-state index contributed by atoms with van der Waals surface area (Å²) >= 11 is 0. The van der Waals surface area contributed by atoms with Gasteiger partial charge in [-0.15, -0.1) is 0 Å². The molecule has 0 fully saturated rings. The first-order valence-corrected chi connectivity index (χ1v) is 8.79. The molecule has 2 atom stereocenters. The molecule has 4 heteroatoms. The number of nitrogens with one attached hydrogen (secondary N) is 1. The minimum absolute atomic E-state index is 0.0559.